The molecule has 154 valence electrons. The SMILES string of the molecule is CC(C)CCNC[C@@H](O)[C@H](Cc1cc(F)cc(F)c1)NC(=O)OC(C)(C)C. The summed E-state index contributed by atoms with van der Waals surface area (Å²) >= 11 is 0. The summed E-state index contributed by atoms with van der Waals surface area (Å²) in [6.07, 6.45) is -0.617. The molecular formula is C20H32F2N2O3. The van der Waals surface area contributed by atoms with Gasteiger partial charge in [-0.1, -0.05) is 13.8 Å². The van der Waals surface area contributed by atoms with Crippen molar-refractivity contribution in [2.45, 2.75) is 65.2 Å². The molecule has 0 unspecified atom stereocenters. The van der Waals surface area contributed by atoms with Gasteiger partial charge in [0.25, 0.3) is 0 Å². The number of alkyl carbamates (subject to hydrolysis) is 1. The number of hydrogen-bond acceptors (Lipinski definition) is 4. The number of carbonyl (C=O) groups excluding carboxylic acids is 1. The van der Waals surface area contributed by atoms with E-state index in [1.807, 2.05) is 0 Å². The number of hydrogen-bond donors (Lipinski definition) is 3. The first-order valence-electron chi connectivity index (χ1n) is 9.29. The Morgan fingerprint density at radius 2 is 1.78 bits per heavy atom. The van der Waals surface area contributed by atoms with Crippen LogP contribution in [0.25, 0.3) is 0 Å². The lowest BCUT2D eigenvalue weighted by atomic mass is 10.0. The fourth-order valence-corrected chi connectivity index (χ4v) is 2.51. The molecule has 0 aliphatic rings. The van der Waals surface area contributed by atoms with Crippen molar-refractivity contribution in [3.63, 3.8) is 0 Å². The van der Waals surface area contributed by atoms with Crippen LogP contribution in [0.15, 0.2) is 18.2 Å². The van der Waals surface area contributed by atoms with E-state index in [9.17, 15) is 18.7 Å². The molecule has 0 aliphatic heterocycles. The van der Waals surface area contributed by atoms with E-state index in [1.165, 1.54) is 12.1 Å². The van der Waals surface area contributed by atoms with Gasteiger partial charge in [0.1, 0.15) is 17.2 Å². The van der Waals surface area contributed by atoms with Gasteiger partial charge in [-0.25, -0.2) is 13.6 Å². The summed E-state index contributed by atoms with van der Waals surface area (Å²) in [5.41, 5.74) is -0.352. The van der Waals surface area contributed by atoms with Gasteiger partial charge in [0.2, 0.25) is 0 Å². The molecule has 0 saturated carbocycles. The fourth-order valence-electron chi connectivity index (χ4n) is 2.51. The lowest BCUT2D eigenvalue weighted by Crippen LogP contribution is -2.50. The van der Waals surface area contributed by atoms with Gasteiger partial charge in [0.05, 0.1) is 12.1 Å². The first kappa shape index (κ1) is 23.3. The van der Waals surface area contributed by atoms with Crippen molar-refractivity contribution >= 4 is 6.09 Å². The number of rotatable bonds is 9. The number of nitrogens with one attached hydrogen (secondary N) is 2. The first-order chi connectivity index (χ1) is 12.5. The van der Waals surface area contributed by atoms with Crippen molar-refractivity contribution in [2.24, 2.45) is 5.92 Å². The van der Waals surface area contributed by atoms with E-state index in [0.717, 1.165) is 19.0 Å². The lowest BCUT2D eigenvalue weighted by molar-refractivity contribution is 0.0422. The topological polar surface area (TPSA) is 70.6 Å². The van der Waals surface area contributed by atoms with Gasteiger partial charge in [-0.3, -0.25) is 0 Å². The molecule has 0 heterocycles. The quantitative estimate of drug-likeness (QED) is 0.569. The molecule has 27 heavy (non-hydrogen) atoms. The molecule has 0 saturated heterocycles. The highest BCUT2D eigenvalue weighted by Gasteiger charge is 2.25. The van der Waals surface area contributed by atoms with Crippen molar-refractivity contribution < 1.29 is 23.4 Å². The monoisotopic (exact) mass is 386 g/mol. The minimum atomic E-state index is -0.948. The van der Waals surface area contributed by atoms with Crippen molar-refractivity contribution in [3.05, 3.63) is 35.4 Å². The molecule has 1 aromatic rings. The molecule has 0 fully saturated rings. The van der Waals surface area contributed by atoms with Crippen LogP contribution in [0.5, 0.6) is 0 Å². The summed E-state index contributed by atoms with van der Waals surface area (Å²) in [7, 11) is 0. The summed E-state index contributed by atoms with van der Waals surface area (Å²) < 4.78 is 32.2. The van der Waals surface area contributed by atoms with E-state index in [0.29, 0.717) is 11.5 Å². The molecule has 5 nitrogen and oxygen atoms in total. The Balaban J connectivity index is 2.79. The largest absolute Gasteiger partial charge is 0.444 e. The number of carbonyl (C=O) groups is 1. The number of aliphatic hydroxyl groups is 1. The number of ether oxygens (including phenoxy) is 1. The fraction of sp³-hybridized carbons (Fsp3) is 0.650. The third-order valence-corrected chi connectivity index (χ3v) is 3.80. The van der Waals surface area contributed by atoms with E-state index in [2.05, 4.69) is 24.5 Å². The Morgan fingerprint density at radius 1 is 1.19 bits per heavy atom. The highest BCUT2D eigenvalue weighted by molar-refractivity contribution is 5.68. The molecule has 2 atom stereocenters. The number of amides is 1. The molecule has 0 bridgehead atoms. The van der Waals surface area contributed by atoms with Crippen LogP contribution in [0.3, 0.4) is 0 Å². The lowest BCUT2D eigenvalue weighted by Gasteiger charge is -2.27. The minimum absolute atomic E-state index is 0.0704. The van der Waals surface area contributed by atoms with Crippen LogP contribution < -0.4 is 10.6 Å². The maximum atomic E-state index is 13.5. The van der Waals surface area contributed by atoms with Gasteiger partial charge in [0, 0.05) is 12.6 Å². The average Bonchev–Trinajstić information content (AvgIpc) is 2.47. The van der Waals surface area contributed by atoms with Crippen LogP contribution in [0.4, 0.5) is 13.6 Å². The van der Waals surface area contributed by atoms with Crippen molar-refractivity contribution in [1.29, 1.82) is 0 Å². The summed E-state index contributed by atoms with van der Waals surface area (Å²) in [5.74, 6) is -0.878. The van der Waals surface area contributed by atoms with Crippen molar-refractivity contribution in [2.75, 3.05) is 13.1 Å². The van der Waals surface area contributed by atoms with Gasteiger partial charge >= 0.3 is 6.09 Å². The highest BCUT2D eigenvalue weighted by Crippen LogP contribution is 2.13. The maximum Gasteiger partial charge on any atom is 0.407 e. The number of halogens is 2. The van der Waals surface area contributed by atoms with E-state index < -0.39 is 35.5 Å². The number of benzene rings is 1. The van der Waals surface area contributed by atoms with Gasteiger partial charge < -0.3 is 20.5 Å². The van der Waals surface area contributed by atoms with Gasteiger partial charge in [0.15, 0.2) is 0 Å². The minimum Gasteiger partial charge on any atom is -0.444 e. The van der Waals surface area contributed by atoms with Crippen molar-refractivity contribution in [3.8, 4) is 0 Å². The highest BCUT2D eigenvalue weighted by atomic mass is 19.1. The molecular weight excluding hydrogens is 354 g/mol. The average molecular weight is 386 g/mol. The molecule has 0 radical (unpaired) electrons. The first-order valence-corrected chi connectivity index (χ1v) is 9.29. The third-order valence-electron chi connectivity index (χ3n) is 3.80. The van der Waals surface area contributed by atoms with Crippen LogP contribution in [-0.2, 0) is 11.2 Å². The van der Waals surface area contributed by atoms with Gasteiger partial charge in [-0.15, -0.1) is 0 Å². The summed E-state index contributed by atoms with van der Waals surface area (Å²) in [5, 5.41) is 16.3. The molecule has 0 aromatic heterocycles. The van der Waals surface area contributed by atoms with Crippen LogP contribution in [-0.4, -0.2) is 42.0 Å². The zero-order valence-corrected chi connectivity index (χ0v) is 16.8. The van der Waals surface area contributed by atoms with E-state index in [-0.39, 0.29) is 13.0 Å². The molecule has 1 aromatic carbocycles. The van der Waals surface area contributed by atoms with Crippen LogP contribution in [0.1, 0.15) is 46.6 Å². The van der Waals surface area contributed by atoms with Gasteiger partial charge in [-0.2, -0.15) is 0 Å². The molecule has 1 amide bonds. The summed E-state index contributed by atoms with van der Waals surface area (Å²) in [4.78, 5) is 12.1. The molecule has 3 N–H and O–H groups in total. The molecule has 7 heteroatoms. The van der Waals surface area contributed by atoms with Crippen LogP contribution >= 0.6 is 0 Å². The van der Waals surface area contributed by atoms with Crippen molar-refractivity contribution in [1.82, 2.24) is 10.6 Å². The third kappa shape index (κ3) is 10.2. The second-order valence-corrected chi connectivity index (χ2v) is 8.19. The Labute approximate surface area is 160 Å². The predicted molar refractivity (Wildman–Crippen MR) is 102 cm³/mol. The molecule has 0 aliphatic carbocycles. The smallest absolute Gasteiger partial charge is 0.407 e. The van der Waals surface area contributed by atoms with E-state index in [1.54, 1.807) is 20.8 Å². The van der Waals surface area contributed by atoms with Crippen LogP contribution in [0, 0.1) is 17.6 Å². The Kier molecular flexibility index (Phi) is 9.12. The normalized spacial score (nSPS) is 14.1. The Bertz CT molecular complexity index is 583. The van der Waals surface area contributed by atoms with E-state index >= 15 is 0 Å². The second-order valence-electron chi connectivity index (χ2n) is 8.19. The summed E-state index contributed by atoms with van der Waals surface area (Å²) in [6.45, 7) is 10.4. The zero-order chi connectivity index (χ0) is 20.6. The standard InChI is InChI=1S/C20H32F2N2O3/c1-13(2)6-7-23-12-18(25)17(24-19(26)27-20(3,4)5)10-14-8-15(21)11-16(22)9-14/h8-9,11,13,17-18,23,25H,6-7,10,12H2,1-5H3,(H,24,26)/t17-,18+/m0/s1. The summed E-state index contributed by atoms with van der Waals surface area (Å²) in [6, 6.07) is 2.40. The number of aliphatic hydroxyl groups excluding tert-OH is 1. The molecule has 0 spiro atoms. The second kappa shape index (κ2) is 10.6. The zero-order valence-electron chi connectivity index (χ0n) is 16.8. The Hall–Kier alpha value is -1.73. The molecule has 1 rings (SSSR count). The van der Waals surface area contributed by atoms with E-state index in [4.69, 9.17) is 4.74 Å². The van der Waals surface area contributed by atoms with Crippen LogP contribution in [0.2, 0.25) is 0 Å². The Morgan fingerprint density at radius 3 is 2.30 bits per heavy atom. The predicted octanol–water partition coefficient (Wildman–Crippen LogP) is 3.40. The maximum absolute atomic E-state index is 13.5. The van der Waals surface area contributed by atoms with Gasteiger partial charge in [-0.05, 0) is 63.8 Å².